The van der Waals surface area contributed by atoms with E-state index in [0.717, 1.165) is 40.2 Å². The van der Waals surface area contributed by atoms with Crippen LogP contribution in [0.15, 0.2) is 40.9 Å². The zero-order valence-electron chi connectivity index (χ0n) is 11.8. The summed E-state index contributed by atoms with van der Waals surface area (Å²) in [6.07, 6.45) is 3.11. The van der Waals surface area contributed by atoms with Gasteiger partial charge in [-0.2, -0.15) is 0 Å². The molecule has 1 amide bonds. The van der Waals surface area contributed by atoms with Crippen LogP contribution in [0, 0.1) is 11.8 Å². The van der Waals surface area contributed by atoms with Crippen LogP contribution >= 0.6 is 15.9 Å². The number of hydrogen-bond donors (Lipinski definition) is 2. The zero-order valence-corrected chi connectivity index (χ0v) is 13.4. The summed E-state index contributed by atoms with van der Waals surface area (Å²) in [4.78, 5) is 12.5. The summed E-state index contributed by atoms with van der Waals surface area (Å²) in [7, 11) is 0. The van der Waals surface area contributed by atoms with Crippen molar-refractivity contribution in [1.82, 2.24) is 0 Å². The molecule has 0 bridgehead atoms. The lowest BCUT2D eigenvalue weighted by Gasteiger charge is -2.18. The van der Waals surface area contributed by atoms with Crippen LogP contribution in [0.1, 0.15) is 19.3 Å². The van der Waals surface area contributed by atoms with Gasteiger partial charge < -0.3 is 11.1 Å². The number of fused-ring (bicyclic) bond motifs is 1. The number of halogens is 1. The Morgan fingerprint density at radius 2 is 1.95 bits per heavy atom. The van der Waals surface area contributed by atoms with E-state index in [1.165, 1.54) is 0 Å². The number of benzene rings is 2. The van der Waals surface area contributed by atoms with Crippen LogP contribution in [-0.4, -0.2) is 12.5 Å². The monoisotopic (exact) mass is 346 g/mol. The molecule has 1 aliphatic carbocycles. The van der Waals surface area contributed by atoms with Gasteiger partial charge in [-0.3, -0.25) is 4.79 Å². The Morgan fingerprint density at radius 3 is 2.71 bits per heavy atom. The van der Waals surface area contributed by atoms with Crippen molar-refractivity contribution in [2.45, 2.75) is 19.3 Å². The Bertz CT molecular complexity index is 671. The summed E-state index contributed by atoms with van der Waals surface area (Å²) in [5, 5.41) is 5.27. The predicted octanol–water partition coefficient (Wildman–Crippen LogP) is 3.92. The summed E-state index contributed by atoms with van der Waals surface area (Å²) >= 11 is 3.56. The number of carbonyl (C=O) groups excluding carboxylic acids is 1. The third-order valence-corrected chi connectivity index (χ3v) is 5.12. The molecule has 0 radical (unpaired) electrons. The maximum Gasteiger partial charge on any atom is 0.227 e. The molecule has 0 aliphatic heterocycles. The smallest absolute Gasteiger partial charge is 0.227 e. The molecule has 2 aromatic carbocycles. The van der Waals surface area contributed by atoms with Gasteiger partial charge in [0, 0.05) is 21.5 Å². The molecule has 2 atom stereocenters. The number of hydrogen-bond acceptors (Lipinski definition) is 2. The van der Waals surface area contributed by atoms with Crippen LogP contribution < -0.4 is 11.1 Å². The summed E-state index contributed by atoms with van der Waals surface area (Å²) in [6, 6.07) is 12.0. The van der Waals surface area contributed by atoms with E-state index in [0.29, 0.717) is 12.5 Å². The highest BCUT2D eigenvalue weighted by Gasteiger charge is 2.32. The second-order valence-corrected chi connectivity index (χ2v) is 6.52. The Kier molecular flexibility index (Phi) is 4.27. The molecule has 0 saturated heterocycles. The molecule has 2 aromatic rings. The first kappa shape index (κ1) is 14.5. The molecule has 2 unspecified atom stereocenters. The van der Waals surface area contributed by atoms with Crippen LogP contribution in [0.3, 0.4) is 0 Å². The maximum absolute atomic E-state index is 12.5. The van der Waals surface area contributed by atoms with Crippen LogP contribution in [-0.2, 0) is 4.79 Å². The fraction of sp³-hybridized carbons (Fsp3) is 0.353. The van der Waals surface area contributed by atoms with Gasteiger partial charge in [-0.15, -0.1) is 0 Å². The lowest BCUT2D eigenvalue weighted by Crippen LogP contribution is -2.29. The van der Waals surface area contributed by atoms with Gasteiger partial charge in [-0.25, -0.2) is 0 Å². The lowest BCUT2D eigenvalue weighted by molar-refractivity contribution is -0.120. The van der Waals surface area contributed by atoms with E-state index >= 15 is 0 Å². The van der Waals surface area contributed by atoms with Crippen molar-refractivity contribution in [2.24, 2.45) is 17.6 Å². The molecule has 1 aliphatic rings. The summed E-state index contributed by atoms with van der Waals surface area (Å²) in [5.41, 5.74) is 6.66. The van der Waals surface area contributed by atoms with Gasteiger partial charge >= 0.3 is 0 Å². The molecular weight excluding hydrogens is 328 g/mol. The average Bonchev–Trinajstić information content (AvgIpc) is 2.99. The highest BCUT2D eigenvalue weighted by molar-refractivity contribution is 9.10. The lowest BCUT2D eigenvalue weighted by atomic mass is 9.95. The van der Waals surface area contributed by atoms with Gasteiger partial charge in [0.1, 0.15) is 0 Å². The van der Waals surface area contributed by atoms with Crippen molar-refractivity contribution in [3.63, 3.8) is 0 Å². The van der Waals surface area contributed by atoms with E-state index in [2.05, 4.69) is 21.2 Å². The Hall–Kier alpha value is -1.39. The topological polar surface area (TPSA) is 55.1 Å². The van der Waals surface area contributed by atoms with E-state index in [9.17, 15) is 4.79 Å². The fourth-order valence-electron chi connectivity index (χ4n) is 3.26. The molecule has 1 fully saturated rings. The van der Waals surface area contributed by atoms with Gasteiger partial charge in [0.25, 0.3) is 0 Å². The summed E-state index contributed by atoms with van der Waals surface area (Å²) in [5.74, 6) is 0.486. The van der Waals surface area contributed by atoms with Crippen molar-refractivity contribution < 1.29 is 4.79 Å². The fourth-order valence-corrected chi connectivity index (χ4v) is 3.74. The zero-order chi connectivity index (χ0) is 14.8. The highest BCUT2D eigenvalue weighted by atomic mass is 79.9. The quantitative estimate of drug-likeness (QED) is 0.884. The van der Waals surface area contributed by atoms with Crippen LogP contribution in [0.25, 0.3) is 10.8 Å². The van der Waals surface area contributed by atoms with Crippen molar-refractivity contribution in [3.8, 4) is 0 Å². The first-order chi connectivity index (χ1) is 10.2. The van der Waals surface area contributed by atoms with Crippen LogP contribution in [0.4, 0.5) is 5.69 Å². The molecular formula is C17H19BrN2O. The average molecular weight is 347 g/mol. The van der Waals surface area contributed by atoms with E-state index in [-0.39, 0.29) is 11.8 Å². The van der Waals surface area contributed by atoms with Crippen molar-refractivity contribution in [2.75, 3.05) is 11.9 Å². The molecule has 110 valence electrons. The number of nitrogens with one attached hydrogen (secondary N) is 1. The van der Waals surface area contributed by atoms with Crippen molar-refractivity contribution in [1.29, 1.82) is 0 Å². The maximum atomic E-state index is 12.5. The number of carbonyl (C=O) groups is 1. The Morgan fingerprint density at radius 1 is 1.19 bits per heavy atom. The SMILES string of the molecule is NCC1CCCC1C(=O)Nc1ccc(Br)c2ccccc12. The molecule has 1 saturated carbocycles. The van der Waals surface area contributed by atoms with Gasteiger partial charge in [0.05, 0.1) is 0 Å². The van der Waals surface area contributed by atoms with Crippen molar-refractivity contribution in [3.05, 3.63) is 40.9 Å². The second-order valence-electron chi connectivity index (χ2n) is 5.66. The van der Waals surface area contributed by atoms with E-state index < -0.39 is 0 Å². The van der Waals surface area contributed by atoms with Crippen LogP contribution in [0.2, 0.25) is 0 Å². The normalized spacial score (nSPS) is 21.6. The second kappa shape index (κ2) is 6.16. The largest absolute Gasteiger partial charge is 0.330 e. The molecule has 0 aromatic heterocycles. The molecule has 0 spiro atoms. The molecule has 4 heteroatoms. The van der Waals surface area contributed by atoms with Crippen LogP contribution in [0.5, 0.6) is 0 Å². The van der Waals surface area contributed by atoms with Gasteiger partial charge in [0.15, 0.2) is 0 Å². The van der Waals surface area contributed by atoms with E-state index in [4.69, 9.17) is 5.73 Å². The predicted molar refractivity (Wildman–Crippen MR) is 90.2 cm³/mol. The highest BCUT2D eigenvalue weighted by Crippen LogP contribution is 2.34. The van der Waals surface area contributed by atoms with Crippen molar-refractivity contribution >= 4 is 38.3 Å². The standard InChI is InChI=1S/C17H19BrN2O/c18-15-8-9-16(14-6-2-1-5-13(14)15)20-17(21)12-7-3-4-11(12)10-19/h1-2,5-6,8-9,11-12H,3-4,7,10,19H2,(H,20,21). The molecule has 21 heavy (non-hydrogen) atoms. The van der Waals surface area contributed by atoms with Gasteiger partial charge in [-0.05, 0) is 42.8 Å². The first-order valence-electron chi connectivity index (χ1n) is 7.39. The van der Waals surface area contributed by atoms with E-state index in [1.54, 1.807) is 0 Å². The van der Waals surface area contributed by atoms with E-state index in [1.807, 2.05) is 36.4 Å². The minimum absolute atomic E-state index is 0.0532. The molecule has 0 heterocycles. The minimum atomic E-state index is 0.0532. The first-order valence-corrected chi connectivity index (χ1v) is 8.18. The molecule has 3 nitrogen and oxygen atoms in total. The number of rotatable bonds is 3. The third-order valence-electron chi connectivity index (χ3n) is 4.43. The molecule has 3 N–H and O–H groups in total. The Labute approximate surface area is 133 Å². The minimum Gasteiger partial charge on any atom is -0.330 e. The van der Waals surface area contributed by atoms with Gasteiger partial charge in [-0.1, -0.05) is 46.6 Å². The Balaban J connectivity index is 1.88. The van der Waals surface area contributed by atoms with Gasteiger partial charge in [0.2, 0.25) is 5.91 Å². The molecule has 3 rings (SSSR count). The number of amides is 1. The summed E-state index contributed by atoms with van der Waals surface area (Å²) in [6.45, 7) is 0.596. The number of anilines is 1. The third kappa shape index (κ3) is 2.83. The summed E-state index contributed by atoms with van der Waals surface area (Å²) < 4.78 is 1.04. The number of nitrogens with two attached hydrogens (primary N) is 1.